The number of methoxy groups -OCH3 is 1. The average molecular weight is 248 g/mol. The van der Waals surface area contributed by atoms with Crippen LogP contribution in [0.5, 0.6) is 5.75 Å². The lowest BCUT2D eigenvalue weighted by molar-refractivity contribution is 0.313. The molecular weight excluding hydrogens is 224 g/mol. The van der Waals surface area contributed by atoms with Gasteiger partial charge in [-0.15, -0.1) is 0 Å². The zero-order valence-electron chi connectivity index (χ0n) is 11.5. The summed E-state index contributed by atoms with van der Waals surface area (Å²) in [5.74, 6) is 1.81. The number of ether oxygens (including phenoxy) is 1. The van der Waals surface area contributed by atoms with Crippen molar-refractivity contribution in [1.82, 2.24) is 10.2 Å². The Balaban J connectivity index is 1.79. The van der Waals surface area contributed by atoms with Crippen molar-refractivity contribution in [2.24, 2.45) is 5.92 Å². The van der Waals surface area contributed by atoms with Crippen LogP contribution in [0.3, 0.4) is 0 Å². The third kappa shape index (κ3) is 3.72. The van der Waals surface area contributed by atoms with Gasteiger partial charge >= 0.3 is 0 Å². The molecule has 1 aliphatic heterocycles. The second-order valence-electron chi connectivity index (χ2n) is 5.13. The molecule has 3 nitrogen and oxygen atoms in total. The second kappa shape index (κ2) is 6.76. The Hall–Kier alpha value is -1.06. The number of rotatable bonds is 6. The third-order valence-electron chi connectivity index (χ3n) is 3.74. The third-order valence-corrected chi connectivity index (χ3v) is 3.74. The van der Waals surface area contributed by atoms with Crippen LogP contribution < -0.4 is 10.1 Å². The molecule has 3 heteroatoms. The fourth-order valence-electron chi connectivity index (χ4n) is 2.63. The van der Waals surface area contributed by atoms with Gasteiger partial charge in [0.1, 0.15) is 5.75 Å². The van der Waals surface area contributed by atoms with E-state index in [2.05, 4.69) is 22.3 Å². The van der Waals surface area contributed by atoms with Crippen molar-refractivity contribution < 1.29 is 4.74 Å². The molecule has 0 amide bonds. The molecule has 1 aromatic rings. The molecule has 0 aliphatic carbocycles. The van der Waals surface area contributed by atoms with Crippen LogP contribution in [-0.4, -0.2) is 38.7 Å². The SMILES string of the molecule is CNCCC1CCN(Cc2ccc(OC)cc2)C1. The van der Waals surface area contributed by atoms with Crippen LogP contribution in [-0.2, 0) is 6.54 Å². The summed E-state index contributed by atoms with van der Waals surface area (Å²) in [7, 11) is 3.74. The highest BCUT2D eigenvalue weighted by molar-refractivity contribution is 5.27. The highest BCUT2D eigenvalue weighted by Crippen LogP contribution is 2.21. The van der Waals surface area contributed by atoms with Crippen LogP contribution in [0.4, 0.5) is 0 Å². The fourth-order valence-corrected chi connectivity index (χ4v) is 2.63. The van der Waals surface area contributed by atoms with Gasteiger partial charge in [-0.1, -0.05) is 12.1 Å². The number of hydrogen-bond acceptors (Lipinski definition) is 3. The molecule has 1 atom stereocenters. The van der Waals surface area contributed by atoms with E-state index in [0.717, 1.165) is 24.8 Å². The number of benzene rings is 1. The minimum atomic E-state index is 0.871. The van der Waals surface area contributed by atoms with E-state index in [0.29, 0.717) is 0 Å². The lowest BCUT2D eigenvalue weighted by Crippen LogP contribution is -2.21. The number of nitrogens with zero attached hydrogens (tertiary/aromatic N) is 1. The maximum absolute atomic E-state index is 5.18. The number of nitrogens with one attached hydrogen (secondary N) is 1. The monoisotopic (exact) mass is 248 g/mol. The van der Waals surface area contributed by atoms with Gasteiger partial charge in [-0.05, 0) is 56.6 Å². The normalized spacial score (nSPS) is 20.2. The molecule has 1 aromatic carbocycles. The highest BCUT2D eigenvalue weighted by Gasteiger charge is 2.21. The van der Waals surface area contributed by atoms with Crippen molar-refractivity contribution in [2.45, 2.75) is 19.4 Å². The summed E-state index contributed by atoms with van der Waals surface area (Å²) in [6.07, 6.45) is 2.65. The lowest BCUT2D eigenvalue weighted by atomic mass is 10.1. The van der Waals surface area contributed by atoms with Gasteiger partial charge < -0.3 is 10.1 Å². The maximum Gasteiger partial charge on any atom is 0.118 e. The van der Waals surface area contributed by atoms with Crippen molar-refractivity contribution in [3.05, 3.63) is 29.8 Å². The van der Waals surface area contributed by atoms with Gasteiger partial charge in [-0.3, -0.25) is 4.90 Å². The number of hydrogen-bond donors (Lipinski definition) is 1. The molecule has 1 unspecified atom stereocenters. The zero-order valence-corrected chi connectivity index (χ0v) is 11.5. The Labute approximate surface area is 110 Å². The van der Waals surface area contributed by atoms with E-state index in [9.17, 15) is 0 Å². The van der Waals surface area contributed by atoms with Gasteiger partial charge in [-0.2, -0.15) is 0 Å². The molecule has 18 heavy (non-hydrogen) atoms. The minimum absolute atomic E-state index is 0.871. The Morgan fingerprint density at radius 1 is 1.33 bits per heavy atom. The van der Waals surface area contributed by atoms with Crippen molar-refractivity contribution in [3.63, 3.8) is 0 Å². The first kappa shape index (κ1) is 13.4. The van der Waals surface area contributed by atoms with E-state index in [1.54, 1.807) is 7.11 Å². The van der Waals surface area contributed by atoms with Crippen molar-refractivity contribution in [1.29, 1.82) is 0 Å². The van der Waals surface area contributed by atoms with Gasteiger partial charge in [0.05, 0.1) is 7.11 Å². The first-order valence-electron chi connectivity index (χ1n) is 6.81. The van der Waals surface area contributed by atoms with Crippen LogP contribution in [0.25, 0.3) is 0 Å². The Kier molecular flexibility index (Phi) is 5.02. The van der Waals surface area contributed by atoms with E-state index >= 15 is 0 Å². The van der Waals surface area contributed by atoms with Crippen LogP contribution in [0, 0.1) is 5.92 Å². The molecular formula is C15H24N2O. The predicted molar refractivity (Wildman–Crippen MR) is 74.9 cm³/mol. The highest BCUT2D eigenvalue weighted by atomic mass is 16.5. The Morgan fingerprint density at radius 3 is 2.78 bits per heavy atom. The molecule has 0 saturated carbocycles. The van der Waals surface area contributed by atoms with Gasteiger partial charge in [0.25, 0.3) is 0 Å². The largest absolute Gasteiger partial charge is 0.497 e. The van der Waals surface area contributed by atoms with Crippen LogP contribution in [0.1, 0.15) is 18.4 Å². The standard InChI is InChI=1S/C15H24N2O/c1-16-9-7-14-8-10-17(12-14)11-13-3-5-15(18-2)6-4-13/h3-6,14,16H,7-12H2,1-2H3. The lowest BCUT2D eigenvalue weighted by Gasteiger charge is -2.16. The smallest absolute Gasteiger partial charge is 0.118 e. The van der Waals surface area contributed by atoms with Crippen LogP contribution in [0.15, 0.2) is 24.3 Å². The molecule has 100 valence electrons. The number of likely N-dealkylation sites (tertiary alicyclic amines) is 1. The predicted octanol–water partition coefficient (Wildman–Crippen LogP) is 2.13. The fraction of sp³-hybridized carbons (Fsp3) is 0.600. The minimum Gasteiger partial charge on any atom is -0.497 e. The molecule has 0 bridgehead atoms. The summed E-state index contributed by atoms with van der Waals surface area (Å²) in [5, 5.41) is 3.24. The summed E-state index contributed by atoms with van der Waals surface area (Å²) >= 11 is 0. The van der Waals surface area contributed by atoms with E-state index in [4.69, 9.17) is 4.74 Å². The average Bonchev–Trinajstić information content (AvgIpc) is 2.85. The van der Waals surface area contributed by atoms with Crippen molar-refractivity contribution in [2.75, 3.05) is 33.8 Å². The first-order valence-corrected chi connectivity index (χ1v) is 6.81. The molecule has 1 fully saturated rings. The summed E-state index contributed by atoms with van der Waals surface area (Å²) in [4.78, 5) is 2.56. The van der Waals surface area contributed by atoms with Gasteiger partial charge in [0.15, 0.2) is 0 Å². The van der Waals surface area contributed by atoms with Gasteiger partial charge in [0, 0.05) is 13.1 Å². The van der Waals surface area contributed by atoms with E-state index in [1.807, 2.05) is 19.2 Å². The second-order valence-corrected chi connectivity index (χ2v) is 5.13. The van der Waals surface area contributed by atoms with Crippen LogP contribution in [0.2, 0.25) is 0 Å². The molecule has 1 heterocycles. The van der Waals surface area contributed by atoms with Crippen LogP contribution >= 0.6 is 0 Å². The van der Waals surface area contributed by atoms with E-state index < -0.39 is 0 Å². The Bertz CT molecular complexity index is 350. The molecule has 2 rings (SSSR count). The van der Waals surface area contributed by atoms with Gasteiger partial charge in [0.2, 0.25) is 0 Å². The molecule has 0 spiro atoms. The van der Waals surface area contributed by atoms with E-state index in [-0.39, 0.29) is 0 Å². The van der Waals surface area contributed by atoms with E-state index in [1.165, 1.54) is 31.5 Å². The first-order chi connectivity index (χ1) is 8.81. The molecule has 1 N–H and O–H groups in total. The topological polar surface area (TPSA) is 24.5 Å². The van der Waals surface area contributed by atoms with Crippen molar-refractivity contribution in [3.8, 4) is 5.75 Å². The quantitative estimate of drug-likeness (QED) is 0.834. The summed E-state index contributed by atoms with van der Waals surface area (Å²) in [5.41, 5.74) is 1.38. The summed E-state index contributed by atoms with van der Waals surface area (Å²) < 4.78 is 5.18. The van der Waals surface area contributed by atoms with Crippen molar-refractivity contribution >= 4 is 0 Å². The summed E-state index contributed by atoms with van der Waals surface area (Å²) in [6, 6.07) is 8.42. The Morgan fingerprint density at radius 2 is 2.11 bits per heavy atom. The molecule has 1 aliphatic rings. The van der Waals surface area contributed by atoms with Gasteiger partial charge in [-0.25, -0.2) is 0 Å². The zero-order chi connectivity index (χ0) is 12.8. The molecule has 0 radical (unpaired) electrons. The maximum atomic E-state index is 5.18. The summed E-state index contributed by atoms with van der Waals surface area (Å²) in [6.45, 7) is 4.69. The molecule has 0 aromatic heterocycles. The molecule has 1 saturated heterocycles.